The first-order valence-corrected chi connectivity index (χ1v) is 6.01. The molecule has 1 aromatic carbocycles. The Hall–Kier alpha value is -0.0500. The first-order valence-electron chi connectivity index (χ1n) is 4.83. The largest absolute Gasteiger partial charge is 0.299 e. The minimum Gasteiger partial charge on any atom is -0.299 e. The molecule has 0 aliphatic carbocycles. The van der Waals surface area contributed by atoms with Gasteiger partial charge in [-0.2, -0.15) is 0 Å². The second-order valence-corrected chi connectivity index (χ2v) is 5.13. The summed E-state index contributed by atoms with van der Waals surface area (Å²) in [6.45, 7) is 1.17. The average Bonchev–Trinajstić information content (AvgIpc) is 2.56. The van der Waals surface area contributed by atoms with E-state index in [2.05, 4.69) is 33.9 Å². The predicted octanol–water partition coefficient (Wildman–Crippen LogP) is 3.87. The van der Waals surface area contributed by atoms with Crippen molar-refractivity contribution in [2.75, 3.05) is 13.6 Å². The molecule has 2 rings (SSSR count). The van der Waals surface area contributed by atoms with Gasteiger partial charge in [0.2, 0.25) is 0 Å². The molecule has 0 radical (unpaired) electrons. The molecule has 0 amide bonds. The quantitative estimate of drug-likeness (QED) is 0.751. The summed E-state index contributed by atoms with van der Waals surface area (Å²) in [6.07, 6.45) is 2.48. The highest BCUT2D eigenvalue weighted by atomic mass is 79.9. The Bertz CT molecular complexity index is 340. The van der Waals surface area contributed by atoms with Gasteiger partial charge in [-0.25, -0.2) is 0 Å². The first kappa shape index (κ1) is 10.5. The molecular formula is C11H13BrClN. The number of hydrogen-bond acceptors (Lipinski definition) is 1. The Morgan fingerprint density at radius 3 is 2.93 bits per heavy atom. The maximum Gasteiger partial charge on any atom is 0.0454 e. The minimum absolute atomic E-state index is 0.500. The highest BCUT2D eigenvalue weighted by Crippen LogP contribution is 2.35. The van der Waals surface area contributed by atoms with Gasteiger partial charge >= 0.3 is 0 Å². The Morgan fingerprint density at radius 2 is 2.29 bits per heavy atom. The van der Waals surface area contributed by atoms with E-state index in [0.29, 0.717) is 6.04 Å². The smallest absolute Gasteiger partial charge is 0.0454 e. The lowest BCUT2D eigenvalue weighted by Crippen LogP contribution is -2.17. The predicted molar refractivity (Wildman–Crippen MR) is 63.8 cm³/mol. The van der Waals surface area contributed by atoms with Crippen LogP contribution in [-0.4, -0.2) is 18.5 Å². The zero-order chi connectivity index (χ0) is 10.1. The summed E-state index contributed by atoms with van der Waals surface area (Å²) in [6, 6.07) is 6.59. The van der Waals surface area contributed by atoms with Crippen LogP contribution in [0.1, 0.15) is 24.4 Å². The summed E-state index contributed by atoms with van der Waals surface area (Å²) in [5.74, 6) is 0. The number of nitrogens with zero attached hydrogens (tertiary/aromatic N) is 1. The zero-order valence-corrected chi connectivity index (χ0v) is 10.5. The normalized spacial score (nSPS) is 22.9. The van der Waals surface area contributed by atoms with Gasteiger partial charge in [0, 0.05) is 15.5 Å². The molecule has 14 heavy (non-hydrogen) atoms. The maximum atomic E-state index is 6.19. The third kappa shape index (κ3) is 1.97. The van der Waals surface area contributed by atoms with Crippen LogP contribution in [0.5, 0.6) is 0 Å². The fourth-order valence-corrected chi connectivity index (χ4v) is 2.70. The van der Waals surface area contributed by atoms with E-state index in [1.54, 1.807) is 0 Å². The van der Waals surface area contributed by atoms with Crippen LogP contribution in [0.2, 0.25) is 5.02 Å². The van der Waals surface area contributed by atoms with E-state index >= 15 is 0 Å². The topological polar surface area (TPSA) is 3.24 Å². The van der Waals surface area contributed by atoms with Crippen molar-refractivity contribution in [1.82, 2.24) is 4.90 Å². The zero-order valence-electron chi connectivity index (χ0n) is 8.13. The standard InChI is InChI=1S/C11H13BrClN/c1-14-6-2-3-11(14)9-7-8(12)4-5-10(9)13/h4-5,7,11H,2-3,6H2,1H3. The van der Waals surface area contributed by atoms with Crippen LogP contribution < -0.4 is 0 Å². The summed E-state index contributed by atoms with van der Waals surface area (Å²) in [7, 11) is 2.16. The van der Waals surface area contributed by atoms with Crippen molar-refractivity contribution in [3.8, 4) is 0 Å². The summed E-state index contributed by atoms with van der Waals surface area (Å²) < 4.78 is 1.11. The van der Waals surface area contributed by atoms with Crippen molar-refractivity contribution in [2.45, 2.75) is 18.9 Å². The van der Waals surface area contributed by atoms with E-state index in [1.807, 2.05) is 12.1 Å². The lowest BCUT2D eigenvalue weighted by Gasteiger charge is -2.21. The Morgan fingerprint density at radius 1 is 1.50 bits per heavy atom. The molecule has 0 spiro atoms. The van der Waals surface area contributed by atoms with Gasteiger partial charge in [-0.1, -0.05) is 27.5 Å². The molecule has 1 atom stereocenters. The Kier molecular flexibility index (Phi) is 3.15. The SMILES string of the molecule is CN1CCCC1c1cc(Br)ccc1Cl. The highest BCUT2D eigenvalue weighted by Gasteiger charge is 2.24. The molecular weight excluding hydrogens is 261 g/mol. The summed E-state index contributed by atoms with van der Waals surface area (Å²) in [4.78, 5) is 2.37. The van der Waals surface area contributed by atoms with E-state index < -0.39 is 0 Å². The summed E-state index contributed by atoms with van der Waals surface area (Å²) in [5, 5.41) is 0.881. The highest BCUT2D eigenvalue weighted by molar-refractivity contribution is 9.10. The second-order valence-electron chi connectivity index (χ2n) is 3.80. The van der Waals surface area contributed by atoms with Crippen LogP contribution in [0.25, 0.3) is 0 Å². The van der Waals surface area contributed by atoms with Crippen LogP contribution in [0.15, 0.2) is 22.7 Å². The molecule has 1 aliphatic heterocycles. The third-order valence-corrected chi connectivity index (χ3v) is 3.67. The molecule has 0 N–H and O–H groups in total. The Labute approximate surface area is 98.2 Å². The maximum absolute atomic E-state index is 6.19. The van der Waals surface area contributed by atoms with Gasteiger partial charge < -0.3 is 0 Å². The van der Waals surface area contributed by atoms with Gasteiger partial charge in [0.15, 0.2) is 0 Å². The molecule has 1 unspecified atom stereocenters. The van der Waals surface area contributed by atoms with Gasteiger partial charge in [-0.05, 0) is 50.2 Å². The van der Waals surface area contributed by atoms with Crippen molar-refractivity contribution >= 4 is 27.5 Å². The lowest BCUT2D eigenvalue weighted by atomic mass is 10.1. The molecule has 1 aliphatic rings. The van der Waals surface area contributed by atoms with E-state index in [9.17, 15) is 0 Å². The Balaban J connectivity index is 2.34. The van der Waals surface area contributed by atoms with Gasteiger partial charge in [0.25, 0.3) is 0 Å². The lowest BCUT2D eigenvalue weighted by molar-refractivity contribution is 0.317. The molecule has 0 bridgehead atoms. The molecule has 1 aromatic rings. The van der Waals surface area contributed by atoms with E-state index in [4.69, 9.17) is 11.6 Å². The van der Waals surface area contributed by atoms with Crippen molar-refractivity contribution in [1.29, 1.82) is 0 Å². The van der Waals surface area contributed by atoms with Crippen LogP contribution in [-0.2, 0) is 0 Å². The monoisotopic (exact) mass is 273 g/mol. The fraction of sp³-hybridized carbons (Fsp3) is 0.455. The van der Waals surface area contributed by atoms with Crippen LogP contribution >= 0.6 is 27.5 Å². The average molecular weight is 275 g/mol. The molecule has 1 nitrogen and oxygen atoms in total. The molecule has 3 heteroatoms. The summed E-state index contributed by atoms with van der Waals surface area (Å²) >= 11 is 9.68. The van der Waals surface area contributed by atoms with Crippen molar-refractivity contribution in [3.63, 3.8) is 0 Å². The molecule has 76 valence electrons. The second kappa shape index (κ2) is 4.21. The molecule has 1 fully saturated rings. The van der Waals surface area contributed by atoms with Crippen molar-refractivity contribution < 1.29 is 0 Å². The number of hydrogen-bond donors (Lipinski definition) is 0. The van der Waals surface area contributed by atoms with Crippen LogP contribution in [0.3, 0.4) is 0 Å². The first-order chi connectivity index (χ1) is 6.68. The third-order valence-electron chi connectivity index (χ3n) is 2.84. The van der Waals surface area contributed by atoms with Crippen LogP contribution in [0.4, 0.5) is 0 Å². The molecule has 1 saturated heterocycles. The van der Waals surface area contributed by atoms with E-state index in [0.717, 1.165) is 9.50 Å². The molecule has 1 heterocycles. The van der Waals surface area contributed by atoms with E-state index in [1.165, 1.54) is 24.9 Å². The van der Waals surface area contributed by atoms with Crippen molar-refractivity contribution in [2.24, 2.45) is 0 Å². The molecule has 0 saturated carbocycles. The van der Waals surface area contributed by atoms with Crippen molar-refractivity contribution in [3.05, 3.63) is 33.3 Å². The fourth-order valence-electron chi connectivity index (χ4n) is 2.07. The number of likely N-dealkylation sites (tertiary alicyclic amines) is 1. The van der Waals surface area contributed by atoms with Gasteiger partial charge in [0.1, 0.15) is 0 Å². The number of benzene rings is 1. The summed E-state index contributed by atoms with van der Waals surface area (Å²) in [5.41, 5.74) is 1.25. The van der Waals surface area contributed by atoms with Gasteiger partial charge in [-0.15, -0.1) is 0 Å². The minimum atomic E-state index is 0.500. The van der Waals surface area contributed by atoms with Crippen LogP contribution in [0, 0.1) is 0 Å². The number of rotatable bonds is 1. The number of halogens is 2. The van der Waals surface area contributed by atoms with Gasteiger partial charge in [-0.3, -0.25) is 4.90 Å². The van der Waals surface area contributed by atoms with E-state index in [-0.39, 0.29) is 0 Å². The van der Waals surface area contributed by atoms with Gasteiger partial charge in [0.05, 0.1) is 0 Å². The molecule has 0 aromatic heterocycles.